The minimum atomic E-state index is -0.145. The van der Waals surface area contributed by atoms with Gasteiger partial charge in [-0.05, 0) is 28.9 Å². The Hall–Kier alpha value is -0.390. The van der Waals surface area contributed by atoms with Crippen LogP contribution in [0.2, 0.25) is 0 Å². The second kappa shape index (κ2) is 5.63. The van der Waals surface area contributed by atoms with Crippen molar-refractivity contribution in [2.24, 2.45) is 11.7 Å². The van der Waals surface area contributed by atoms with Crippen molar-refractivity contribution in [2.75, 3.05) is 0 Å². The highest BCUT2D eigenvalue weighted by Gasteiger charge is 2.16. The molecule has 0 aliphatic carbocycles. The fourth-order valence-electron chi connectivity index (χ4n) is 1.02. The predicted molar refractivity (Wildman–Crippen MR) is 66.7 cm³/mol. The maximum atomic E-state index is 11.6. The largest absolute Gasteiger partial charge is 0.351 e. The second-order valence-corrected chi connectivity index (χ2v) is 5.51. The van der Waals surface area contributed by atoms with E-state index in [9.17, 15) is 4.79 Å². The van der Waals surface area contributed by atoms with E-state index in [0.29, 0.717) is 6.54 Å². The van der Waals surface area contributed by atoms with Gasteiger partial charge in [-0.3, -0.25) is 4.79 Å². The Morgan fingerprint density at radius 3 is 2.80 bits per heavy atom. The molecule has 0 bridgehead atoms. The molecule has 1 aromatic rings. The molecule has 2 atom stereocenters. The number of carbonyl (C=O) groups is 1. The first-order chi connectivity index (χ1) is 7.00. The molecule has 0 aliphatic rings. The molecular formula is C10H15BrN2OS. The summed E-state index contributed by atoms with van der Waals surface area (Å²) in [4.78, 5) is 12.7. The summed E-state index contributed by atoms with van der Waals surface area (Å²) >= 11 is 4.99. The molecule has 0 spiro atoms. The topological polar surface area (TPSA) is 55.1 Å². The Labute approximate surface area is 102 Å². The fraction of sp³-hybridized carbons (Fsp3) is 0.500. The molecule has 1 amide bonds. The zero-order valence-electron chi connectivity index (χ0n) is 8.79. The van der Waals surface area contributed by atoms with Crippen LogP contribution in [-0.4, -0.2) is 11.9 Å². The molecule has 5 heteroatoms. The summed E-state index contributed by atoms with van der Waals surface area (Å²) in [5.41, 5.74) is 5.64. The molecule has 1 rings (SSSR count). The highest BCUT2D eigenvalue weighted by Crippen LogP contribution is 2.19. The Bertz CT molecular complexity index is 338. The third-order valence-corrected chi connectivity index (χ3v) is 3.96. The van der Waals surface area contributed by atoms with Gasteiger partial charge in [0.05, 0.1) is 6.54 Å². The normalized spacial score (nSPS) is 14.7. The highest BCUT2D eigenvalue weighted by molar-refractivity contribution is 9.10. The number of hydrogen-bond acceptors (Lipinski definition) is 3. The van der Waals surface area contributed by atoms with Crippen LogP contribution in [-0.2, 0) is 11.3 Å². The van der Waals surface area contributed by atoms with E-state index in [1.807, 2.05) is 25.3 Å². The predicted octanol–water partition coefficient (Wildman–Crippen LogP) is 2.11. The minimum absolute atomic E-state index is 0.00882. The van der Waals surface area contributed by atoms with E-state index in [1.165, 1.54) is 0 Å². The van der Waals surface area contributed by atoms with Crippen LogP contribution < -0.4 is 11.1 Å². The van der Waals surface area contributed by atoms with Crippen LogP contribution in [0.15, 0.2) is 15.9 Å². The number of nitrogens with one attached hydrogen (secondary N) is 1. The van der Waals surface area contributed by atoms with Crippen LogP contribution in [0.5, 0.6) is 0 Å². The number of hydrogen-bond donors (Lipinski definition) is 2. The van der Waals surface area contributed by atoms with Gasteiger partial charge in [0.2, 0.25) is 5.91 Å². The Morgan fingerprint density at radius 1 is 1.67 bits per heavy atom. The van der Waals surface area contributed by atoms with E-state index in [4.69, 9.17) is 5.73 Å². The lowest BCUT2D eigenvalue weighted by Crippen LogP contribution is -2.38. The minimum Gasteiger partial charge on any atom is -0.351 e. The third-order valence-electron chi connectivity index (χ3n) is 2.26. The summed E-state index contributed by atoms with van der Waals surface area (Å²) in [5, 5.41) is 4.86. The number of halogens is 1. The smallest absolute Gasteiger partial charge is 0.224 e. The molecule has 0 aliphatic heterocycles. The van der Waals surface area contributed by atoms with Crippen LogP contribution in [0.1, 0.15) is 18.7 Å². The summed E-state index contributed by atoms with van der Waals surface area (Å²) in [6.07, 6.45) is 0. The first-order valence-electron chi connectivity index (χ1n) is 4.77. The molecule has 2 unspecified atom stereocenters. The van der Waals surface area contributed by atoms with E-state index in [0.717, 1.165) is 9.35 Å². The quantitative estimate of drug-likeness (QED) is 0.892. The molecule has 15 heavy (non-hydrogen) atoms. The van der Waals surface area contributed by atoms with Gasteiger partial charge < -0.3 is 11.1 Å². The van der Waals surface area contributed by atoms with E-state index in [1.54, 1.807) is 11.3 Å². The van der Waals surface area contributed by atoms with Gasteiger partial charge >= 0.3 is 0 Å². The zero-order valence-corrected chi connectivity index (χ0v) is 11.2. The molecule has 3 N–H and O–H groups in total. The molecule has 3 nitrogen and oxygen atoms in total. The summed E-state index contributed by atoms with van der Waals surface area (Å²) in [5.74, 6) is -0.136. The zero-order chi connectivity index (χ0) is 11.4. The van der Waals surface area contributed by atoms with Crippen molar-refractivity contribution in [3.63, 3.8) is 0 Å². The lowest BCUT2D eigenvalue weighted by atomic mass is 10.0. The van der Waals surface area contributed by atoms with E-state index in [-0.39, 0.29) is 17.9 Å². The van der Waals surface area contributed by atoms with Crippen LogP contribution in [0.25, 0.3) is 0 Å². The van der Waals surface area contributed by atoms with Gasteiger partial charge in [0.25, 0.3) is 0 Å². The van der Waals surface area contributed by atoms with Gasteiger partial charge in [0.15, 0.2) is 0 Å². The highest BCUT2D eigenvalue weighted by atomic mass is 79.9. The van der Waals surface area contributed by atoms with Gasteiger partial charge in [0.1, 0.15) is 0 Å². The van der Waals surface area contributed by atoms with Crippen molar-refractivity contribution < 1.29 is 4.79 Å². The number of amides is 1. The molecule has 0 saturated carbocycles. The monoisotopic (exact) mass is 290 g/mol. The first kappa shape index (κ1) is 12.7. The standard InChI is InChI=1S/C10H15BrN2OS/c1-6(7(2)12)10(14)13-4-9-3-8(11)5-15-9/h3,5-7H,4,12H2,1-2H3,(H,13,14). The number of thiophene rings is 1. The lowest BCUT2D eigenvalue weighted by Gasteiger charge is -2.14. The average Bonchev–Trinajstić information content (AvgIpc) is 2.59. The van der Waals surface area contributed by atoms with Crippen LogP contribution >= 0.6 is 27.3 Å². The van der Waals surface area contributed by atoms with Crippen molar-refractivity contribution in [3.8, 4) is 0 Å². The maximum absolute atomic E-state index is 11.6. The SMILES string of the molecule is CC(N)C(C)C(=O)NCc1cc(Br)cs1. The van der Waals surface area contributed by atoms with Gasteiger partial charge in [-0.2, -0.15) is 0 Å². The average molecular weight is 291 g/mol. The van der Waals surface area contributed by atoms with Crippen molar-refractivity contribution in [3.05, 3.63) is 20.8 Å². The van der Waals surface area contributed by atoms with Gasteiger partial charge in [-0.15, -0.1) is 11.3 Å². The Balaban J connectivity index is 2.40. The van der Waals surface area contributed by atoms with Crippen molar-refractivity contribution in [1.29, 1.82) is 0 Å². The molecule has 0 saturated heterocycles. The molecule has 0 aromatic carbocycles. The number of carbonyl (C=O) groups excluding carboxylic acids is 1. The van der Waals surface area contributed by atoms with Crippen molar-refractivity contribution in [2.45, 2.75) is 26.4 Å². The van der Waals surface area contributed by atoms with Gasteiger partial charge in [-0.25, -0.2) is 0 Å². The Morgan fingerprint density at radius 2 is 2.33 bits per heavy atom. The molecule has 1 heterocycles. The molecule has 84 valence electrons. The summed E-state index contributed by atoms with van der Waals surface area (Å²) in [7, 11) is 0. The maximum Gasteiger partial charge on any atom is 0.224 e. The summed E-state index contributed by atoms with van der Waals surface area (Å²) < 4.78 is 1.05. The van der Waals surface area contributed by atoms with Gasteiger partial charge in [0, 0.05) is 26.7 Å². The molecule has 0 radical (unpaired) electrons. The fourth-order valence-corrected chi connectivity index (χ4v) is 2.41. The molecule has 0 fully saturated rings. The summed E-state index contributed by atoms with van der Waals surface area (Å²) in [6.45, 7) is 4.25. The number of nitrogens with two attached hydrogens (primary N) is 1. The molecular weight excluding hydrogens is 276 g/mol. The van der Waals surface area contributed by atoms with Crippen LogP contribution in [0.4, 0.5) is 0 Å². The van der Waals surface area contributed by atoms with E-state index in [2.05, 4.69) is 21.2 Å². The Kier molecular flexibility index (Phi) is 4.76. The van der Waals surface area contributed by atoms with Crippen LogP contribution in [0.3, 0.4) is 0 Å². The van der Waals surface area contributed by atoms with Crippen LogP contribution in [0, 0.1) is 5.92 Å². The first-order valence-corrected chi connectivity index (χ1v) is 6.44. The van der Waals surface area contributed by atoms with E-state index < -0.39 is 0 Å². The lowest BCUT2D eigenvalue weighted by molar-refractivity contribution is -0.125. The van der Waals surface area contributed by atoms with Crippen molar-refractivity contribution in [1.82, 2.24) is 5.32 Å². The van der Waals surface area contributed by atoms with E-state index >= 15 is 0 Å². The molecule has 1 aromatic heterocycles. The van der Waals surface area contributed by atoms with Gasteiger partial charge in [-0.1, -0.05) is 6.92 Å². The second-order valence-electron chi connectivity index (χ2n) is 3.60. The third kappa shape index (κ3) is 3.93. The summed E-state index contributed by atoms with van der Waals surface area (Å²) in [6, 6.07) is 1.89. The number of rotatable bonds is 4. The van der Waals surface area contributed by atoms with Crippen molar-refractivity contribution >= 4 is 33.2 Å².